The van der Waals surface area contributed by atoms with Crippen molar-refractivity contribution in [3.8, 4) is 0 Å². The molecule has 0 aliphatic rings. The molecule has 5 heteroatoms. The second-order valence-corrected chi connectivity index (χ2v) is 4.66. The van der Waals surface area contributed by atoms with Gasteiger partial charge in [0.1, 0.15) is 5.82 Å². The Labute approximate surface area is 112 Å². The molecule has 0 aliphatic carbocycles. The van der Waals surface area contributed by atoms with E-state index in [-0.39, 0.29) is 5.82 Å². The van der Waals surface area contributed by atoms with Crippen molar-refractivity contribution in [2.24, 2.45) is 0 Å². The van der Waals surface area contributed by atoms with Gasteiger partial charge in [0.05, 0.1) is 26.6 Å². The van der Waals surface area contributed by atoms with E-state index in [1.165, 1.54) is 18.2 Å². The molecule has 0 radical (unpaired) electrons. The van der Waals surface area contributed by atoms with Crippen molar-refractivity contribution in [1.82, 2.24) is 0 Å². The van der Waals surface area contributed by atoms with Crippen LogP contribution in [0.5, 0.6) is 0 Å². The van der Waals surface area contributed by atoms with Crippen LogP contribution in [0.4, 0.5) is 21.5 Å². The smallest absolute Gasteiger partial charge is 0.125 e. The van der Waals surface area contributed by atoms with Crippen LogP contribution in [-0.4, -0.2) is 0 Å². The molecule has 0 spiro atoms. The molecule has 2 nitrogen and oxygen atoms in total. The third-order valence-electron chi connectivity index (χ3n) is 2.24. The summed E-state index contributed by atoms with van der Waals surface area (Å²) in [5.41, 5.74) is 7.46. The van der Waals surface area contributed by atoms with Crippen LogP contribution in [0.15, 0.2) is 40.9 Å². The zero-order valence-corrected chi connectivity index (χ0v) is 11.0. The van der Waals surface area contributed by atoms with Gasteiger partial charge in [-0.15, -0.1) is 0 Å². The van der Waals surface area contributed by atoms with Gasteiger partial charge in [-0.05, 0) is 46.3 Å². The topological polar surface area (TPSA) is 38.0 Å². The molecule has 0 aromatic heterocycles. The van der Waals surface area contributed by atoms with Gasteiger partial charge >= 0.3 is 0 Å². The largest absolute Gasteiger partial charge is 0.397 e. The normalized spacial score (nSPS) is 10.3. The van der Waals surface area contributed by atoms with Gasteiger partial charge in [-0.3, -0.25) is 0 Å². The van der Waals surface area contributed by atoms with Gasteiger partial charge in [0.15, 0.2) is 0 Å². The average molecular weight is 316 g/mol. The van der Waals surface area contributed by atoms with Gasteiger partial charge in [-0.25, -0.2) is 4.39 Å². The predicted molar refractivity (Wildman–Crippen MR) is 73.2 cm³/mol. The highest BCUT2D eigenvalue weighted by molar-refractivity contribution is 9.10. The highest BCUT2D eigenvalue weighted by Crippen LogP contribution is 2.33. The summed E-state index contributed by atoms with van der Waals surface area (Å²) in [5, 5.41) is 3.60. The second kappa shape index (κ2) is 4.94. The minimum Gasteiger partial charge on any atom is -0.397 e. The van der Waals surface area contributed by atoms with Crippen LogP contribution in [0, 0.1) is 5.82 Å². The molecule has 0 aliphatic heterocycles. The van der Waals surface area contributed by atoms with E-state index in [4.69, 9.17) is 17.3 Å². The lowest BCUT2D eigenvalue weighted by Gasteiger charge is -2.11. The van der Waals surface area contributed by atoms with Crippen LogP contribution in [0.2, 0.25) is 5.02 Å². The number of nitrogens with one attached hydrogen (secondary N) is 1. The molecule has 17 heavy (non-hydrogen) atoms. The lowest BCUT2D eigenvalue weighted by molar-refractivity contribution is 0.628. The van der Waals surface area contributed by atoms with Gasteiger partial charge in [-0.2, -0.15) is 0 Å². The maximum atomic E-state index is 13.1. The molecule has 2 aromatic rings. The van der Waals surface area contributed by atoms with Crippen LogP contribution >= 0.6 is 27.5 Å². The fraction of sp³-hybridized carbons (Fsp3) is 0. The summed E-state index contributed by atoms with van der Waals surface area (Å²) in [7, 11) is 0. The third-order valence-corrected chi connectivity index (χ3v) is 3.63. The van der Waals surface area contributed by atoms with Crippen LogP contribution in [0.1, 0.15) is 0 Å². The fourth-order valence-corrected chi connectivity index (χ4v) is 1.92. The first kappa shape index (κ1) is 12.2. The summed E-state index contributed by atoms with van der Waals surface area (Å²) < 4.78 is 13.8. The van der Waals surface area contributed by atoms with E-state index in [1.807, 2.05) is 6.07 Å². The van der Waals surface area contributed by atoms with Gasteiger partial charge in [0.25, 0.3) is 0 Å². The SMILES string of the molecule is Nc1ccc(F)cc1Nc1cccc(Cl)c1Br. The predicted octanol–water partition coefficient (Wildman–Crippen LogP) is 4.57. The van der Waals surface area contributed by atoms with E-state index in [0.29, 0.717) is 20.9 Å². The zero-order chi connectivity index (χ0) is 12.4. The summed E-state index contributed by atoms with van der Waals surface area (Å²) in [6.07, 6.45) is 0. The Kier molecular flexibility index (Phi) is 3.54. The molecule has 0 bridgehead atoms. The molecule has 0 fully saturated rings. The van der Waals surface area contributed by atoms with Gasteiger partial charge in [0.2, 0.25) is 0 Å². The van der Waals surface area contributed by atoms with E-state index in [2.05, 4.69) is 21.2 Å². The van der Waals surface area contributed by atoms with Crippen molar-refractivity contribution in [1.29, 1.82) is 0 Å². The molecule has 0 atom stereocenters. The fourth-order valence-electron chi connectivity index (χ4n) is 1.38. The minimum atomic E-state index is -0.347. The molecule has 0 heterocycles. The highest BCUT2D eigenvalue weighted by Gasteiger charge is 2.06. The van der Waals surface area contributed by atoms with Crippen molar-refractivity contribution < 1.29 is 4.39 Å². The van der Waals surface area contributed by atoms with E-state index in [9.17, 15) is 4.39 Å². The Morgan fingerprint density at radius 3 is 2.71 bits per heavy atom. The number of nitrogens with two attached hydrogens (primary N) is 1. The van der Waals surface area contributed by atoms with E-state index in [1.54, 1.807) is 12.1 Å². The number of hydrogen-bond donors (Lipinski definition) is 2. The van der Waals surface area contributed by atoms with E-state index in [0.717, 1.165) is 5.69 Å². The Bertz CT molecular complexity index is 560. The van der Waals surface area contributed by atoms with Crippen LogP contribution in [-0.2, 0) is 0 Å². The first-order chi connectivity index (χ1) is 8.08. The van der Waals surface area contributed by atoms with Crippen LogP contribution in [0.3, 0.4) is 0 Å². The maximum Gasteiger partial charge on any atom is 0.125 e. The number of benzene rings is 2. The first-order valence-corrected chi connectivity index (χ1v) is 6.01. The van der Waals surface area contributed by atoms with Gasteiger partial charge < -0.3 is 11.1 Å². The lowest BCUT2D eigenvalue weighted by atomic mass is 10.2. The molecule has 0 amide bonds. The quantitative estimate of drug-likeness (QED) is 0.797. The Morgan fingerprint density at radius 2 is 1.94 bits per heavy atom. The van der Waals surface area contributed by atoms with Crippen molar-refractivity contribution in [2.45, 2.75) is 0 Å². The molecule has 2 aromatic carbocycles. The molecule has 2 rings (SSSR count). The second-order valence-electron chi connectivity index (χ2n) is 3.46. The van der Waals surface area contributed by atoms with Crippen LogP contribution in [0.25, 0.3) is 0 Å². The molecule has 3 N–H and O–H groups in total. The molecule has 0 unspecified atom stereocenters. The molecule has 0 saturated carbocycles. The standard InChI is InChI=1S/C12H9BrClFN2/c13-12-8(14)2-1-3-10(12)17-11-6-7(15)4-5-9(11)16/h1-6,17H,16H2. The van der Waals surface area contributed by atoms with Gasteiger partial charge in [0, 0.05) is 0 Å². The van der Waals surface area contributed by atoms with E-state index >= 15 is 0 Å². The molecular formula is C12H9BrClFN2. The molecule has 0 saturated heterocycles. The summed E-state index contributed by atoms with van der Waals surface area (Å²) >= 11 is 9.31. The number of nitrogen functional groups attached to an aromatic ring is 1. The minimum absolute atomic E-state index is 0.347. The van der Waals surface area contributed by atoms with Crippen LogP contribution < -0.4 is 11.1 Å². The number of anilines is 3. The summed E-state index contributed by atoms with van der Waals surface area (Å²) in [4.78, 5) is 0. The first-order valence-electron chi connectivity index (χ1n) is 4.84. The van der Waals surface area contributed by atoms with Crippen molar-refractivity contribution in [3.05, 3.63) is 51.7 Å². The van der Waals surface area contributed by atoms with E-state index < -0.39 is 0 Å². The lowest BCUT2D eigenvalue weighted by Crippen LogP contribution is -1.97. The Balaban J connectivity index is 2.38. The number of halogens is 3. The summed E-state index contributed by atoms with van der Waals surface area (Å²) in [5.74, 6) is -0.347. The Hall–Kier alpha value is -1.26. The zero-order valence-electron chi connectivity index (χ0n) is 8.68. The maximum absolute atomic E-state index is 13.1. The monoisotopic (exact) mass is 314 g/mol. The summed E-state index contributed by atoms with van der Waals surface area (Å²) in [6.45, 7) is 0. The van der Waals surface area contributed by atoms with Crippen molar-refractivity contribution >= 4 is 44.6 Å². The molecular weight excluding hydrogens is 307 g/mol. The highest BCUT2D eigenvalue weighted by atomic mass is 79.9. The number of hydrogen-bond acceptors (Lipinski definition) is 2. The summed E-state index contributed by atoms with van der Waals surface area (Å²) in [6, 6.07) is 9.53. The van der Waals surface area contributed by atoms with Gasteiger partial charge in [-0.1, -0.05) is 17.7 Å². The third kappa shape index (κ3) is 2.70. The average Bonchev–Trinajstić information content (AvgIpc) is 2.30. The van der Waals surface area contributed by atoms with Crippen molar-refractivity contribution in [2.75, 3.05) is 11.1 Å². The molecule has 88 valence electrons. The van der Waals surface area contributed by atoms with Crippen molar-refractivity contribution in [3.63, 3.8) is 0 Å². The Morgan fingerprint density at radius 1 is 1.18 bits per heavy atom. The number of rotatable bonds is 2.